The zero-order valence-corrected chi connectivity index (χ0v) is 9.00. The fraction of sp³-hybridized carbons (Fsp3) is 0.333. The highest BCUT2D eigenvalue weighted by molar-refractivity contribution is 7.99. The van der Waals surface area contributed by atoms with Crippen LogP contribution in [0.15, 0.2) is 29.2 Å². The van der Waals surface area contributed by atoms with E-state index in [1.807, 2.05) is 6.92 Å². The summed E-state index contributed by atoms with van der Waals surface area (Å²) in [7, 11) is 0. The highest BCUT2D eigenvalue weighted by Crippen LogP contribution is 2.18. The van der Waals surface area contributed by atoms with Crippen LogP contribution in [0.25, 0.3) is 0 Å². The monoisotopic (exact) mass is 221 g/mol. The van der Waals surface area contributed by atoms with E-state index in [1.165, 1.54) is 12.1 Å². The summed E-state index contributed by atoms with van der Waals surface area (Å²) in [5.74, 6) is 0.672. The Labute approximate surface area is 88.3 Å². The molecule has 1 unspecified atom stereocenters. The third-order valence-corrected chi connectivity index (χ3v) is 2.62. The fourth-order valence-corrected chi connectivity index (χ4v) is 1.54. The van der Waals surface area contributed by atoms with Crippen molar-refractivity contribution in [3.05, 3.63) is 30.1 Å². The Hall–Kier alpha value is -0.250. The van der Waals surface area contributed by atoms with E-state index in [-0.39, 0.29) is 24.3 Å². The second-order valence-electron chi connectivity index (χ2n) is 2.74. The lowest BCUT2D eigenvalue weighted by Gasteiger charge is -2.03. The van der Waals surface area contributed by atoms with Crippen LogP contribution in [0, 0.1) is 5.82 Å². The number of halogens is 2. The van der Waals surface area contributed by atoms with Gasteiger partial charge in [-0.1, -0.05) is 0 Å². The van der Waals surface area contributed by atoms with E-state index in [0.29, 0.717) is 0 Å². The largest absolute Gasteiger partial charge is 0.327 e. The van der Waals surface area contributed by atoms with Crippen LogP contribution in [-0.2, 0) is 0 Å². The molecule has 0 heterocycles. The zero-order chi connectivity index (χ0) is 8.97. The summed E-state index contributed by atoms with van der Waals surface area (Å²) < 4.78 is 12.5. The van der Waals surface area contributed by atoms with Crippen molar-refractivity contribution in [1.29, 1.82) is 0 Å². The van der Waals surface area contributed by atoms with Crippen molar-refractivity contribution in [3.8, 4) is 0 Å². The molecule has 0 aromatic heterocycles. The van der Waals surface area contributed by atoms with Gasteiger partial charge in [0.25, 0.3) is 0 Å². The third kappa shape index (κ3) is 5.13. The molecule has 0 amide bonds. The highest BCUT2D eigenvalue weighted by atomic mass is 35.5. The molecule has 0 radical (unpaired) electrons. The standard InChI is InChI=1S/C9H12FNS.ClH/c1-7(11)6-12-9-4-2-8(10)3-5-9;/h2-5,7H,6,11H2,1H3;1H. The summed E-state index contributed by atoms with van der Waals surface area (Å²) in [5.41, 5.74) is 5.58. The summed E-state index contributed by atoms with van der Waals surface area (Å²) in [6, 6.07) is 6.64. The summed E-state index contributed by atoms with van der Waals surface area (Å²) in [6.07, 6.45) is 0. The molecule has 1 rings (SSSR count). The van der Waals surface area contributed by atoms with Gasteiger partial charge in [0.1, 0.15) is 5.82 Å². The lowest BCUT2D eigenvalue weighted by Crippen LogP contribution is -2.17. The highest BCUT2D eigenvalue weighted by Gasteiger charge is 1.97. The van der Waals surface area contributed by atoms with Gasteiger partial charge in [0.05, 0.1) is 0 Å². The van der Waals surface area contributed by atoms with Crippen molar-refractivity contribution in [3.63, 3.8) is 0 Å². The summed E-state index contributed by atoms with van der Waals surface area (Å²) in [4.78, 5) is 1.06. The maximum atomic E-state index is 12.5. The Morgan fingerprint density at radius 1 is 1.38 bits per heavy atom. The topological polar surface area (TPSA) is 26.0 Å². The van der Waals surface area contributed by atoms with Crippen LogP contribution in [0.3, 0.4) is 0 Å². The van der Waals surface area contributed by atoms with Gasteiger partial charge in [-0.3, -0.25) is 0 Å². The lowest BCUT2D eigenvalue weighted by atomic mass is 10.4. The molecule has 0 fully saturated rings. The van der Waals surface area contributed by atoms with E-state index in [0.717, 1.165) is 10.6 Å². The average molecular weight is 222 g/mol. The van der Waals surface area contributed by atoms with E-state index in [4.69, 9.17) is 5.73 Å². The molecular weight excluding hydrogens is 209 g/mol. The first kappa shape index (κ1) is 12.8. The van der Waals surface area contributed by atoms with E-state index < -0.39 is 0 Å². The Morgan fingerprint density at radius 2 is 1.92 bits per heavy atom. The minimum atomic E-state index is -0.194. The van der Waals surface area contributed by atoms with Crippen LogP contribution in [0.5, 0.6) is 0 Å². The van der Waals surface area contributed by atoms with Crippen molar-refractivity contribution in [2.24, 2.45) is 5.73 Å². The summed E-state index contributed by atoms with van der Waals surface area (Å²) in [5, 5.41) is 0. The Morgan fingerprint density at radius 3 is 2.38 bits per heavy atom. The fourth-order valence-electron chi connectivity index (χ4n) is 0.758. The van der Waals surface area contributed by atoms with Crippen LogP contribution in [-0.4, -0.2) is 11.8 Å². The normalized spacial score (nSPS) is 11.9. The average Bonchev–Trinajstić information content (AvgIpc) is 2.03. The van der Waals surface area contributed by atoms with Gasteiger partial charge in [-0.2, -0.15) is 0 Å². The van der Waals surface area contributed by atoms with Gasteiger partial charge in [-0.05, 0) is 31.2 Å². The van der Waals surface area contributed by atoms with Gasteiger partial charge in [0.15, 0.2) is 0 Å². The predicted molar refractivity (Wildman–Crippen MR) is 58.0 cm³/mol. The first-order valence-electron chi connectivity index (χ1n) is 3.82. The van der Waals surface area contributed by atoms with Crippen molar-refractivity contribution in [2.45, 2.75) is 17.9 Å². The second-order valence-corrected chi connectivity index (χ2v) is 3.84. The smallest absolute Gasteiger partial charge is 0.123 e. The first-order valence-corrected chi connectivity index (χ1v) is 4.81. The Kier molecular flexibility index (Phi) is 6.12. The summed E-state index contributed by atoms with van der Waals surface area (Å²) >= 11 is 1.65. The molecule has 4 heteroatoms. The van der Waals surface area contributed by atoms with Crippen LogP contribution in [0.1, 0.15) is 6.92 Å². The number of hydrogen-bond acceptors (Lipinski definition) is 2. The van der Waals surface area contributed by atoms with Gasteiger partial charge in [0, 0.05) is 16.7 Å². The molecule has 0 saturated heterocycles. The van der Waals surface area contributed by atoms with E-state index in [1.54, 1.807) is 23.9 Å². The molecular formula is C9H13ClFNS. The maximum Gasteiger partial charge on any atom is 0.123 e. The predicted octanol–water partition coefficient (Wildman–Crippen LogP) is 2.69. The molecule has 1 nitrogen and oxygen atoms in total. The van der Waals surface area contributed by atoms with Crippen molar-refractivity contribution in [1.82, 2.24) is 0 Å². The summed E-state index contributed by atoms with van der Waals surface area (Å²) in [6.45, 7) is 1.95. The molecule has 1 atom stereocenters. The lowest BCUT2D eigenvalue weighted by molar-refractivity contribution is 0.626. The molecule has 0 saturated carbocycles. The first-order chi connectivity index (χ1) is 5.68. The van der Waals surface area contributed by atoms with Gasteiger partial charge in [0.2, 0.25) is 0 Å². The van der Waals surface area contributed by atoms with Gasteiger partial charge < -0.3 is 5.73 Å². The quantitative estimate of drug-likeness (QED) is 0.795. The molecule has 0 aliphatic rings. The van der Waals surface area contributed by atoms with Crippen molar-refractivity contribution >= 4 is 24.2 Å². The molecule has 74 valence electrons. The number of rotatable bonds is 3. The maximum absolute atomic E-state index is 12.5. The van der Waals surface area contributed by atoms with Crippen LogP contribution < -0.4 is 5.73 Å². The minimum Gasteiger partial charge on any atom is -0.327 e. The molecule has 1 aromatic carbocycles. The third-order valence-electron chi connectivity index (χ3n) is 1.33. The molecule has 0 spiro atoms. The minimum absolute atomic E-state index is 0. The van der Waals surface area contributed by atoms with E-state index in [9.17, 15) is 4.39 Å². The van der Waals surface area contributed by atoms with Crippen LogP contribution in [0.2, 0.25) is 0 Å². The number of nitrogens with two attached hydrogens (primary N) is 1. The molecule has 0 bridgehead atoms. The molecule has 0 aliphatic carbocycles. The van der Waals surface area contributed by atoms with Gasteiger partial charge in [-0.25, -0.2) is 4.39 Å². The van der Waals surface area contributed by atoms with Crippen LogP contribution in [0.4, 0.5) is 4.39 Å². The van der Waals surface area contributed by atoms with E-state index in [2.05, 4.69) is 0 Å². The molecule has 0 aliphatic heterocycles. The van der Waals surface area contributed by atoms with Crippen molar-refractivity contribution < 1.29 is 4.39 Å². The molecule has 1 aromatic rings. The van der Waals surface area contributed by atoms with E-state index >= 15 is 0 Å². The second kappa shape index (κ2) is 6.24. The van der Waals surface area contributed by atoms with Gasteiger partial charge >= 0.3 is 0 Å². The zero-order valence-electron chi connectivity index (χ0n) is 7.37. The Balaban J connectivity index is 0.00000144. The van der Waals surface area contributed by atoms with Crippen molar-refractivity contribution in [2.75, 3.05) is 5.75 Å². The SMILES string of the molecule is CC(N)CSc1ccc(F)cc1.Cl. The molecule has 13 heavy (non-hydrogen) atoms. The Bertz CT molecular complexity index is 238. The number of hydrogen-bond donors (Lipinski definition) is 1. The molecule has 2 N–H and O–H groups in total. The number of thioether (sulfide) groups is 1. The van der Waals surface area contributed by atoms with Gasteiger partial charge in [-0.15, -0.1) is 24.2 Å². The number of benzene rings is 1. The van der Waals surface area contributed by atoms with Crippen LogP contribution >= 0.6 is 24.2 Å².